The van der Waals surface area contributed by atoms with Crippen molar-refractivity contribution in [1.82, 2.24) is 0 Å². The predicted octanol–water partition coefficient (Wildman–Crippen LogP) is 3.45. The molecule has 3 atom stereocenters. The second-order valence-electron chi connectivity index (χ2n) is 5.03. The molecule has 0 fully saturated rings. The Bertz CT molecular complexity index is 288. The van der Waals surface area contributed by atoms with E-state index in [0.29, 0.717) is 11.8 Å². The van der Waals surface area contributed by atoms with Gasteiger partial charge in [0.15, 0.2) is 0 Å². The minimum absolute atomic E-state index is 0.202. The van der Waals surface area contributed by atoms with Crippen LogP contribution in [0.3, 0.4) is 0 Å². The Morgan fingerprint density at radius 2 is 2.27 bits per heavy atom. The molecule has 84 valence electrons. The molecule has 1 nitrogen and oxygen atoms in total. The number of aliphatic hydroxyl groups is 1. The summed E-state index contributed by atoms with van der Waals surface area (Å²) in [5, 5.41) is 10.4. The molecule has 3 unspecified atom stereocenters. The van der Waals surface area contributed by atoms with E-state index >= 15 is 0 Å². The van der Waals surface area contributed by atoms with E-state index in [1.807, 2.05) is 0 Å². The van der Waals surface area contributed by atoms with Gasteiger partial charge >= 0.3 is 0 Å². The summed E-state index contributed by atoms with van der Waals surface area (Å²) in [5.41, 5.74) is 2.78. The Morgan fingerprint density at radius 3 is 3.00 bits per heavy atom. The van der Waals surface area contributed by atoms with Gasteiger partial charge in [0, 0.05) is 0 Å². The van der Waals surface area contributed by atoms with Crippen LogP contribution in [0.15, 0.2) is 23.3 Å². The standard InChI is InChI=1S/C14H22O/c1-3-11-7-5-8-12-10(2)6-4-9-13(12)14(11)15/h4,9-11,14-15H,3,5-8H2,1-2H3. The number of hydrogen-bond donors (Lipinski definition) is 1. The monoisotopic (exact) mass is 206 g/mol. The topological polar surface area (TPSA) is 20.2 Å². The van der Waals surface area contributed by atoms with E-state index in [2.05, 4.69) is 26.0 Å². The van der Waals surface area contributed by atoms with Crippen LogP contribution >= 0.6 is 0 Å². The third kappa shape index (κ3) is 2.03. The summed E-state index contributed by atoms with van der Waals surface area (Å²) in [6.07, 6.45) is 10.1. The van der Waals surface area contributed by atoms with Crippen molar-refractivity contribution in [3.8, 4) is 0 Å². The van der Waals surface area contributed by atoms with Gasteiger partial charge in [0.05, 0.1) is 6.10 Å². The first-order valence-electron chi connectivity index (χ1n) is 6.31. The van der Waals surface area contributed by atoms with Crippen LogP contribution in [0.25, 0.3) is 0 Å². The number of aliphatic hydroxyl groups excluding tert-OH is 1. The van der Waals surface area contributed by atoms with Crippen LogP contribution in [0, 0.1) is 11.8 Å². The molecule has 15 heavy (non-hydrogen) atoms. The van der Waals surface area contributed by atoms with Crippen LogP contribution < -0.4 is 0 Å². The summed E-state index contributed by atoms with van der Waals surface area (Å²) >= 11 is 0. The van der Waals surface area contributed by atoms with Crippen molar-refractivity contribution in [2.24, 2.45) is 11.8 Å². The van der Waals surface area contributed by atoms with Gasteiger partial charge in [-0.2, -0.15) is 0 Å². The summed E-state index contributed by atoms with van der Waals surface area (Å²) < 4.78 is 0. The molecule has 2 aliphatic rings. The molecule has 0 aromatic carbocycles. The molecule has 1 heteroatoms. The van der Waals surface area contributed by atoms with Crippen LogP contribution in [-0.2, 0) is 0 Å². The molecule has 0 radical (unpaired) electrons. The Labute approximate surface area is 92.9 Å². The van der Waals surface area contributed by atoms with E-state index in [-0.39, 0.29) is 6.10 Å². The van der Waals surface area contributed by atoms with Crippen molar-refractivity contribution in [3.05, 3.63) is 23.3 Å². The minimum Gasteiger partial charge on any atom is -0.388 e. The zero-order valence-corrected chi connectivity index (χ0v) is 9.87. The Kier molecular flexibility index (Phi) is 3.30. The quantitative estimate of drug-likeness (QED) is 0.696. The van der Waals surface area contributed by atoms with Crippen molar-refractivity contribution in [2.75, 3.05) is 0 Å². The maximum Gasteiger partial charge on any atom is 0.0817 e. The lowest BCUT2D eigenvalue weighted by Crippen LogP contribution is -2.22. The van der Waals surface area contributed by atoms with Gasteiger partial charge in [-0.3, -0.25) is 0 Å². The normalized spacial score (nSPS) is 36.3. The second kappa shape index (κ2) is 4.52. The third-order valence-electron chi connectivity index (χ3n) is 4.06. The summed E-state index contributed by atoms with van der Waals surface area (Å²) in [4.78, 5) is 0. The maximum absolute atomic E-state index is 10.4. The van der Waals surface area contributed by atoms with Gasteiger partial charge in [0.2, 0.25) is 0 Å². The van der Waals surface area contributed by atoms with Gasteiger partial charge in [-0.1, -0.05) is 38.0 Å². The smallest absolute Gasteiger partial charge is 0.0817 e. The van der Waals surface area contributed by atoms with Crippen LogP contribution in [0.2, 0.25) is 0 Å². The van der Waals surface area contributed by atoms with Crippen molar-refractivity contribution in [2.45, 2.75) is 52.1 Å². The molecule has 0 bridgehead atoms. The summed E-state index contributed by atoms with van der Waals surface area (Å²) in [6.45, 7) is 4.48. The van der Waals surface area contributed by atoms with E-state index in [4.69, 9.17) is 0 Å². The molecular formula is C14H22O. The summed E-state index contributed by atoms with van der Waals surface area (Å²) in [5.74, 6) is 1.13. The van der Waals surface area contributed by atoms with E-state index in [9.17, 15) is 5.11 Å². The fourth-order valence-corrected chi connectivity index (χ4v) is 3.01. The fraction of sp³-hybridized carbons (Fsp3) is 0.714. The van der Waals surface area contributed by atoms with Gasteiger partial charge in [-0.25, -0.2) is 0 Å². The van der Waals surface area contributed by atoms with Gasteiger partial charge in [0.1, 0.15) is 0 Å². The van der Waals surface area contributed by atoms with Gasteiger partial charge in [0.25, 0.3) is 0 Å². The second-order valence-corrected chi connectivity index (χ2v) is 5.03. The highest BCUT2D eigenvalue weighted by molar-refractivity contribution is 5.35. The zero-order valence-electron chi connectivity index (χ0n) is 9.87. The van der Waals surface area contributed by atoms with E-state index in [1.165, 1.54) is 30.4 Å². The SMILES string of the molecule is CCC1CCCC2=C(C=CCC2C)C1O. The lowest BCUT2D eigenvalue weighted by molar-refractivity contribution is 0.137. The van der Waals surface area contributed by atoms with Crippen molar-refractivity contribution >= 4 is 0 Å². The van der Waals surface area contributed by atoms with Gasteiger partial charge in [-0.05, 0) is 43.1 Å². The number of rotatable bonds is 1. The van der Waals surface area contributed by atoms with Gasteiger partial charge < -0.3 is 5.11 Å². The highest BCUT2D eigenvalue weighted by Gasteiger charge is 2.28. The molecule has 0 aromatic rings. The van der Waals surface area contributed by atoms with Crippen molar-refractivity contribution < 1.29 is 5.11 Å². The first kappa shape index (κ1) is 10.9. The number of allylic oxidation sites excluding steroid dienone is 2. The van der Waals surface area contributed by atoms with Crippen LogP contribution in [0.4, 0.5) is 0 Å². The molecule has 0 saturated carbocycles. The average molecular weight is 206 g/mol. The lowest BCUT2D eigenvalue weighted by atomic mass is 9.83. The van der Waals surface area contributed by atoms with Crippen LogP contribution in [0.5, 0.6) is 0 Å². The zero-order chi connectivity index (χ0) is 10.8. The summed E-state index contributed by atoms with van der Waals surface area (Å²) in [6, 6.07) is 0. The lowest BCUT2D eigenvalue weighted by Gasteiger charge is -2.25. The molecule has 0 heterocycles. The molecule has 0 aromatic heterocycles. The van der Waals surface area contributed by atoms with Crippen molar-refractivity contribution in [1.29, 1.82) is 0 Å². The predicted molar refractivity (Wildman–Crippen MR) is 63.6 cm³/mol. The van der Waals surface area contributed by atoms with E-state index in [0.717, 1.165) is 12.8 Å². The molecule has 0 saturated heterocycles. The first-order chi connectivity index (χ1) is 7.24. The highest BCUT2D eigenvalue weighted by Crippen LogP contribution is 2.37. The van der Waals surface area contributed by atoms with E-state index in [1.54, 1.807) is 0 Å². The molecule has 0 aliphatic heterocycles. The minimum atomic E-state index is -0.202. The Morgan fingerprint density at radius 1 is 1.47 bits per heavy atom. The average Bonchev–Trinajstić information content (AvgIpc) is 2.40. The summed E-state index contributed by atoms with van der Waals surface area (Å²) in [7, 11) is 0. The first-order valence-corrected chi connectivity index (χ1v) is 6.31. The number of hydrogen-bond acceptors (Lipinski definition) is 1. The van der Waals surface area contributed by atoms with Crippen LogP contribution in [0.1, 0.15) is 46.0 Å². The molecule has 2 aliphatic carbocycles. The Hall–Kier alpha value is -0.560. The van der Waals surface area contributed by atoms with Crippen LogP contribution in [-0.4, -0.2) is 11.2 Å². The van der Waals surface area contributed by atoms with E-state index < -0.39 is 0 Å². The molecular weight excluding hydrogens is 184 g/mol. The Balaban J connectivity index is 2.30. The molecule has 0 spiro atoms. The van der Waals surface area contributed by atoms with Crippen molar-refractivity contribution in [3.63, 3.8) is 0 Å². The molecule has 0 amide bonds. The third-order valence-corrected chi connectivity index (χ3v) is 4.06. The molecule has 2 rings (SSSR count). The largest absolute Gasteiger partial charge is 0.388 e. The van der Waals surface area contributed by atoms with Gasteiger partial charge in [-0.15, -0.1) is 0 Å². The maximum atomic E-state index is 10.4. The fourth-order valence-electron chi connectivity index (χ4n) is 3.01. The highest BCUT2D eigenvalue weighted by atomic mass is 16.3. The molecule has 1 N–H and O–H groups in total.